The highest BCUT2D eigenvalue weighted by Gasteiger charge is 2.08. The SMILES string of the molecule is COC(=O)C[C@H](O)CN=[N+]=[N-]. The molecule has 11 heavy (non-hydrogen) atoms. The molecule has 6 heteroatoms. The summed E-state index contributed by atoms with van der Waals surface area (Å²) in [6.45, 7) is -0.106. The first-order chi connectivity index (χ1) is 5.20. The zero-order valence-corrected chi connectivity index (χ0v) is 6.10. The number of ether oxygens (including phenoxy) is 1. The second-order valence-corrected chi connectivity index (χ2v) is 1.85. The van der Waals surface area contributed by atoms with Crippen molar-refractivity contribution in [1.29, 1.82) is 0 Å². The minimum atomic E-state index is -0.946. The third kappa shape index (κ3) is 5.20. The van der Waals surface area contributed by atoms with Gasteiger partial charge in [0.05, 0.1) is 26.2 Å². The molecule has 0 amide bonds. The summed E-state index contributed by atoms with van der Waals surface area (Å²) < 4.78 is 4.27. The maximum atomic E-state index is 10.5. The van der Waals surface area contributed by atoms with E-state index in [-0.39, 0.29) is 13.0 Å². The molecular formula is C5H9N3O3. The number of azide groups is 1. The summed E-state index contributed by atoms with van der Waals surface area (Å²) in [6.07, 6.45) is -1.09. The number of hydrogen-bond donors (Lipinski definition) is 1. The van der Waals surface area contributed by atoms with Gasteiger partial charge in [-0.15, -0.1) is 0 Å². The Balaban J connectivity index is 3.59. The van der Waals surface area contributed by atoms with Crippen molar-refractivity contribution in [2.45, 2.75) is 12.5 Å². The molecule has 62 valence electrons. The summed E-state index contributed by atoms with van der Waals surface area (Å²) in [6, 6.07) is 0. The van der Waals surface area contributed by atoms with Gasteiger partial charge in [0, 0.05) is 4.91 Å². The van der Waals surface area contributed by atoms with Crippen LogP contribution in [0.15, 0.2) is 5.11 Å². The summed E-state index contributed by atoms with van der Waals surface area (Å²) in [5.74, 6) is -0.523. The zero-order valence-electron chi connectivity index (χ0n) is 6.10. The van der Waals surface area contributed by atoms with Crippen LogP contribution in [0.3, 0.4) is 0 Å². The van der Waals surface area contributed by atoms with Gasteiger partial charge < -0.3 is 9.84 Å². The third-order valence-corrected chi connectivity index (χ3v) is 0.986. The quantitative estimate of drug-likeness (QED) is 0.275. The van der Waals surface area contributed by atoms with E-state index in [1.54, 1.807) is 0 Å². The van der Waals surface area contributed by atoms with Crippen molar-refractivity contribution in [3.8, 4) is 0 Å². The number of aliphatic hydroxyl groups is 1. The third-order valence-electron chi connectivity index (χ3n) is 0.986. The van der Waals surface area contributed by atoms with Crippen molar-refractivity contribution in [2.24, 2.45) is 5.11 Å². The van der Waals surface area contributed by atoms with E-state index in [0.29, 0.717) is 0 Å². The van der Waals surface area contributed by atoms with Crippen molar-refractivity contribution >= 4 is 5.97 Å². The van der Waals surface area contributed by atoms with Gasteiger partial charge in [0.25, 0.3) is 0 Å². The van der Waals surface area contributed by atoms with Crippen LogP contribution in [0.4, 0.5) is 0 Å². The van der Waals surface area contributed by atoms with Crippen LogP contribution in [0, 0.1) is 0 Å². The molecule has 0 unspecified atom stereocenters. The summed E-state index contributed by atoms with van der Waals surface area (Å²) in [7, 11) is 1.22. The lowest BCUT2D eigenvalue weighted by atomic mass is 10.2. The van der Waals surface area contributed by atoms with Crippen LogP contribution < -0.4 is 0 Å². The second-order valence-electron chi connectivity index (χ2n) is 1.85. The van der Waals surface area contributed by atoms with Gasteiger partial charge in [0.2, 0.25) is 0 Å². The lowest BCUT2D eigenvalue weighted by molar-refractivity contribution is -0.142. The summed E-state index contributed by atoms with van der Waals surface area (Å²) >= 11 is 0. The van der Waals surface area contributed by atoms with E-state index in [0.717, 1.165) is 0 Å². The summed E-state index contributed by atoms with van der Waals surface area (Å²) in [5, 5.41) is 12.0. The molecule has 0 spiro atoms. The molecule has 0 rings (SSSR count). The average molecular weight is 159 g/mol. The molecule has 0 aliphatic carbocycles. The first kappa shape index (κ1) is 9.74. The molecule has 0 aromatic heterocycles. The van der Waals surface area contributed by atoms with E-state index < -0.39 is 12.1 Å². The van der Waals surface area contributed by atoms with Crippen LogP contribution in [0.5, 0.6) is 0 Å². The molecule has 0 aromatic carbocycles. The Labute approximate surface area is 63.4 Å². The Kier molecular flexibility index (Phi) is 4.89. The fourth-order valence-corrected chi connectivity index (χ4v) is 0.471. The van der Waals surface area contributed by atoms with Crippen molar-refractivity contribution in [1.82, 2.24) is 0 Å². The first-order valence-corrected chi connectivity index (χ1v) is 2.96. The fourth-order valence-electron chi connectivity index (χ4n) is 0.471. The van der Waals surface area contributed by atoms with Crippen molar-refractivity contribution < 1.29 is 14.6 Å². The number of rotatable bonds is 4. The Hall–Kier alpha value is -1.26. The standard InChI is InChI=1S/C5H9N3O3/c1-11-5(10)2-4(9)3-7-8-6/h4,9H,2-3H2,1H3/t4-/m0/s1. The molecule has 0 aliphatic rings. The lowest BCUT2D eigenvalue weighted by Gasteiger charge is -2.03. The fraction of sp³-hybridized carbons (Fsp3) is 0.800. The predicted molar refractivity (Wildman–Crippen MR) is 36.7 cm³/mol. The van der Waals surface area contributed by atoms with Crippen LogP contribution in [0.2, 0.25) is 0 Å². The van der Waals surface area contributed by atoms with E-state index in [9.17, 15) is 4.79 Å². The van der Waals surface area contributed by atoms with Gasteiger partial charge in [-0.3, -0.25) is 4.79 Å². The van der Waals surface area contributed by atoms with Gasteiger partial charge in [-0.05, 0) is 5.53 Å². The summed E-state index contributed by atoms with van der Waals surface area (Å²) in [4.78, 5) is 12.9. The van der Waals surface area contributed by atoms with E-state index >= 15 is 0 Å². The highest BCUT2D eigenvalue weighted by Crippen LogP contribution is 1.94. The van der Waals surface area contributed by atoms with Crippen LogP contribution in [0.25, 0.3) is 10.4 Å². The number of esters is 1. The van der Waals surface area contributed by atoms with Crippen LogP contribution in [0.1, 0.15) is 6.42 Å². The zero-order chi connectivity index (χ0) is 8.69. The number of carbonyl (C=O) groups excluding carboxylic acids is 1. The van der Waals surface area contributed by atoms with Crippen LogP contribution >= 0.6 is 0 Å². The van der Waals surface area contributed by atoms with Gasteiger partial charge in [-0.1, -0.05) is 5.11 Å². The van der Waals surface area contributed by atoms with Gasteiger partial charge in [-0.25, -0.2) is 0 Å². The minimum Gasteiger partial charge on any atom is -0.469 e. The van der Waals surface area contributed by atoms with Crippen molar-refractivity contribution in [3.63, 3.8) is 0 Å². The van der Waals surface area contributed by atoms with Crippen molar-refractivity contribution in [3.05, 3.63) is 10.4 Å². The molecule has 1 atom stereocenters. The molecular weight excluding hydrogens is 150 g/mol. The van der Waals surface area contributed by atoms with E-state index in [1.165, 1.54) is 7.11 Å². The number of nitrogens with zero attached hydrogens (tertiary/aromatic N) is 3. The Morgan fingerprint density at radius 3 is 3.00 bits per heavy atom. The van der Waals surface area contributed by atoms with E-state index in [4.69, 9.17) is 10.6 Å². The van der Waals surface area contributed by atoms with Crippen LogP contribution in [-0.2, 0) is 9.53 Å². The molecule has 0 heterocycles. The summed E-state index contributed by atoms with van der Waals surface area (Å²) in [5.41, 5.74) is 7.84. The number of hydrogen-bond acceptors (Lipinski definition) is 4. The molecule has 0 radical (unpaired) electrons. The highest BCUT2D eigenvalue weighted by atomic mass is 16.5. The average Bonchev–Trinajstić information content (AvgIpc) is 2.00. The first-order valence-electron chi connectivity index (χ1n) is 2.96. The number of carbonyl (C=O) groups is 1. The smallest absolute Gasteiger partial charge is 0.308 e. The number of aliphatic hydroxyl groups excluding tert-OH is 1. The van der Waals surface area contributed by atoms with Crippen molar-refractivity contribution in [2.75, 3.05) is 13.7 Å². The van der Waals surface area contributed by atoms with Gasteiger partial charge in [-0.2, -0.15) is 0 Å². The molecule has 1 N–H and O–H groups in total. The molecule has 0 bridgehead atoms. The molecule has 0 aromatic rings. The topological polar surface area (TPSA) is 95.3 Å². The molecule has 0 aliphatic heterocycles. The van der Waals surface area contributed by atoms with E-state index in [2.05, 4.69) is 14.8 Å². The van der Waals surface area contributed by atoms with Gasteiger partial charge >= 0.3 is 5.97 Å². The van der Waals surface area contributed by atoms with Crippen LogP contribution in [-0.4, -0.2) is 30.8 Å². The monoisotopic (exact) mass is 159 g/mol. The van der Waals surface area contributed by atoms with Gasteiger partial charge in [0.15, 0.2) is 0 Å². The largest absolute Gasteiger partial charge is 0.469 e. The molecule has 0 fully saturated rings. The Bertz CT molecular complexity index is 176. The normalized spacial score (nSPS) is 11.5. The Morgan fingerprint density at radius 2 is 2.55 bits per heavy atom. The van der Waals surface area contributed by atoms with Gasteiger partial charge in [0.1, 0.15) is 0 Å². The Morgan fingerprint density at radius 1 is 1.91 bits per heavy atom. The molecule has 6 nitrogen and oxygen atoms in total. The lowest BCUT2D eigenvalue weighted by Crippen LogP contribution is -2.16. The highest BCUT2D eigenvalue weighted by molar-refractivity contribution is 5.69. The maximum Gasteiger partial charge on any atom is 0.308 e. The molecule has 0 saturated carbocycles. The number of methoxy groups -OCH3 is 1. The predicted octanol–water partition coefficient (Wildman–Crippen LogP) is 0.221. The van der Waals surface area contributed by atoms with E-state index in [1.807, 2.05) is 0 Å². The minimum absolute atomic E-state index is 0.106. The molecule has 0 saturated heterocycles. The maximum absolute atomic E-state index is 10.5. The second kappa shape index (κ2) is 5.52.